The van der Waals surface area contributed by atoms with Crippen LogP contribution in [0.4, 0.5) is 8.78 Å². The molecule has 194 valence electrons. The molecule has 0 radical (unpaired) electrons. The van der Waals surface area contributed by atoms with Gasteiger partial charge >= 0.3 is 5.97 Å². The molecule has 1 saturated heterocycles. The number of aromatic nitrogens is 1. The molecule has 37 heavy (non-hydrogen) atoms. The Morgan fingerprint density at radius 2 is 1.81 bits per heavy atom. The van der Waals surface area contributed by atoms with E-state index in [-0.39, 0.29) is 36.9 Å². The van der Waals surface area contributed by atoms with E-state index in [9.17, 15) is 23.2 Å². The maximum atomic E-state index is 13.9. The van der Waals surface area contributed by atoms with Gasteiger partial charge in [0.25, 0.3) is 17.7 Å². The van der Waals surface area contributed by atoms with Gasteiger partial charge in [0.1, 0.15) is 5.69 Å². The van der Waals surface area contributed by atoms with Crippen molar-refractivity contribution >= 4 is 34.5 Å². The number of amides is 2. The zero-order valence-corrected chi connectivity index (χ0v) is 20.5. The average molecular weight is 512 g/mol. The normalized spacial score (nSPS) is 15.1. The van der Waals surface area contributed by atoms with Gasteiger partial charge in [0.05, 0.1) is 6.54 Å². The molecule has 11 heteroatoms. The molecular weight excluding hydrogens is 484 g/mol. The summed E-state index contributed by atoms with van der Waals surface area (Å²) < 4.78 is 29.4. The second kappa shape index (κ2) is 10.4. The summed E-state index contributed by atoms with van der Waals surface area (Å²) in [5, 5.41) is 7.04. The molecule has 2 heterocycles. The maximum Gasteiger partial charge on any atom is 0.332 e. The highest BCUT2D eigenvalue weighted by atomic mass is 19.3. The number of nitrogens with two attached hydrogens (primary N) is 1. The molecule has 4 rings (SSSR count). The van der Waals surface area contributed by atoms with Crippen molar-refractivity contribution in [3.8, 4) is 0 Å². The van der Waals surface area contributed by atoms with Crippen LogP contribution in [-0.4, -0.2) is 58.6 Å². The van der Waals surface area contributed by atoms with Gasteiger partial charge in [-0.05, 0) is 36.8 Å². The largest absolute Gasteiger partial charge is 0.380 e. The van der Waals surface area contributed by atoms with Gasteiger partial charge in [-0.3, -0.25) is 9.59 Å². The van der Waals surface area contributed by atoms with Crippen LogP contribution in [0.1, 0.15) is 52.2 Å². The van der Waals surface area contributed by atoms with Crippen LogP contribution in [0.5, 0.6) is 0 Å². The van der Waals surface area contributed by atoms with Crippen molar-refractivity contribution in [2.45, 2.75) is 32.7 Å². The Labute approximate surface area is 211 Å². The van der Waals surface area contributed by atoms with Crippen LogP contribution in [0.15, 0.2) is 53.7 Å². The molecular formula is C26H27F2N5O4. The highest BCUT2D eigenvalue weighted by Crippen LogP contribution is 2.30. The number of nitrogens with one attached hydrogen (secondary N) is 1. The number of likely N-dealkylation sites (tertiary alicyclic amines) is 1. The topological polar surface area (TPSA) is 119 Å². The zero-order chi connectivity index (χ0) is 26.7. The molecule has 0 aliphatic carbocycles. The lowest BCUT2D eigenvalue weighted by Crippen LogP contribution is -2.32. The lowest BCUT2D eigenvalue weighted by atomic mass is 10.1. The fourth-order valence-corrected chi connectivity index (χ4v) is 4.21. The summed E-state index contributed by atoms with van der Waals surface area (Å²) in [6.45, 7) is 3.08. The molecule has 3 N–H and O–H groups in total. The van der Waals surface area contributed by atoms with E-state index in [1.807, 2.05) is 6.92 Å². The number of carbonyl (C=O) groups excluding carboxylic acids is 3. The molecule has 2 amide bonds. The van der Waals surface area contributed by atoms with Gasteiger partial charge in [-0.15, -0.1) is 0 Å². The lowest BCUT2D eigenvalue weighted by Gasteiger charge is -2.18. The number of hydrogen-bond donors (Lipinski definition) is 2. The Morgan fingerprint density at radius 1 is 1.11 bits per heavy atom. The van der Waals surface area contributed by atoms with Crippen molar-refractivity contribution < 1.29 is 28.0 Å². The number of hydrogen-bond acceptors (Lipinski definition) is 5. The van der Waals surface area contributed by atoms with Gasteiger partial charge in [-0.25, -0.2) is 13.6 Å². The lowest BCUT2D eigenvalue weighted by molar-refractivity contribution is -0.140. The third-order valence-electron chi connectivity index (χ3n) is 6.04. The first-order valence-corrected chi connectivity index (χ1v) is 11.8. The minimum absolute atomic E-state index is 0.0387. The third-order valence-corrected chi connectivity index (χ3v) is 6.04. The number of halogens is 2. The van der Waals surface area contributed by atoms with Crippen LogP contribution in [0.2, 0.25) is 0 Å². The van der Waals surface area contributed by atoms with Crippen LogP contribution in [-0.2, 0) is 16.2 Å². The van der Waals surface area contributed by atoms with E-state index < -0.39 is 24.3 Å². The minimum Gasteiger partial charge on any atom is -0.380 e. The van der Waals surface area contributed by atoms with Crippen LogP contribution in [0, 0.1) is 0 Å². The van der Waals surface area contributed by atoms with Crippen LogP contribution >= 0.6 is 0 Å². The van der Waals surface area contributed by atoms with Gasteiger partial charge < -0.3 is 25.4 Å². The van der Waals surface area contributed by atoms with E-state index in [2.05, 4.69) is 15.3 Å². The van der Waals surface area contributed by atoms with Crippen molar-refractivity contribution in [2.75, 3.05) is 19.6 Å². The van der Waals surface area contributed by atoms with E-state index in [4.69, 9.17) is 5.73 Å². The second-order valence-electron chi connectivity index (χ2n) is 8.84. The summed E-state index contributed by atoms with van der Waals surface area (Å²) in [6.07, 6.45) is -0.381. The molecule has 0 saturated carbocycles. The predicted octanol–water partition coefficient (Wildman–Crippen LogP) is 3.10. The van der Waals surface area contributed by atoms with E-state index >= 15 is 0 Å². The fourth-order valence-electron chi connectivity index (χ4n) is 4.21. The molecule has 0 bridgehead atoms. The molecule has 1 aromatic heterocycles. The molecule has 2 aromatic carbocycles. The van der Waals surface area contributed by atoms with Gasteiger partial charge in [-0.2, -0.15) is 0 Å². The van der Waals surface area contributed by atoms with Crippen LogP contribution in [0.25, 0.3) is 10.9 Å². The number of benzene rings is 2. The number of alkyl halides is 2. The molecule has 1 fully saturated rings. The molecule has 1 aliphatic heterocycles. The molecule has 1 aliphatic rings. The summed E-state index contributed by atoms with van der Waals surface area (Å²) >= 11 is 0. The predicted molar refractivity (Wildman–Crippen MR) is 133 cm³/mol. The number of amidine groups is 1. The monoisotopic (exact) mass is 511 g/mol. The SMILES string of the molecule is CCNC(=O)c1ccc(Cn2c(C(=O)N3CCC(F)(F)C3)cc3ccc(C(N)=NOC(C)=O)cc32)cc1. The van der Waals surface area contributed by atoms with E-state index in [1.165, 1.54) is 6.92 Å². The number of oxime groups is 1. The molecule has 9 nitrogen and oxygen atoms in total. The molecule has 0 atom stereocenters. The molecule has 0 spiro atoms. The summed E-state index contributed by atoms with van der Waals surface area (Å²) in [6, 6.07) is 13.6. The first-order chi connectivity index (χ1) is 17.6. The Balaban J connectivity index is 1.74. The number of rotatable bonds is 7. The first-order valence-electron chi connectivity index (χ1n) is 11.8. The number of carbonyl (C=O) groups is 3. The Hall–Kier alpha value is -4.28. The van der Waals surface area contributed by atoms with Gasteiger partial charge in [0, 0.05) is 55.0 Å². The molecule has 3 aromatic rings. The number of nitrogens with zero attached hydrogens (tertiary/aromatic N) is 3. The maximum absolute atomic E-state index is 13.9. The van der Waals surface area contributed by atoms with Crippen molar-refractivity contribution in [1.82, 2.24) is 14.8 Å². The second-order valence-corrected chi connectivity index (χ2v) is 8.84. The van der Waals surface area contributed by atoms with Crippen LogP contribution in [0.3, 0.4) is 0 Å². The van der Waals surface area contributed by atoms with Gasteiger partial charge in [-0.1, -0.05) is 29.4 Å². The molecule has 0 unspecified atom stereocenters. The van der Waals surface area contributed by atoms with Crippen molar-refractivity contribution in [3.05, 3.63) is 70.9 Å². The van der Waals surface area contributed by atoms with Crippen molar-refractivity contribution in [3.63, 3.8) is 0 Å². The van der Waals surface area contributed by atoms with E-state index in [1.54, 1.807) is 53.1 Å². The van der Waals surface area contributed by atoms with Gasteiger partial charge in [0.15, 0.2) is 5.84 Å². The zero-order valence-electron chi connectivity index (χ0n) is 20.5. The highest BCUT2D eigenvalue weighted by Gasteiger charge is 2.41. The fraction of sp³-hybridized carbons (Fsp3) is 0.308. The van der Waals surface area contributed by atoms with E-state index in [0.29, 0.717) is 28.6 Å². The summed E-state index contributed by atoms with van der Waals surface area (Å²) in [5.41, 5.74) is 8.56. The average Bonchev–Trinajstić information content (AvgIpc) is 3.41. The summed E-state index contributed by atoms with van der Waals surface area (Å²) in [5.74, 6) is -4.29. The third kappa shape index (κ3) is 5.76. The Bertz CT molecular complexity index is 1380. The van der Waals surface area contributed by atoms with Gasteiger partial charge in [0.2, 0.25) is 0 Å². The Kier molecular flexibility index (Phi) is 7.23. The van der Waals surface area contributed by atoms with Crippen molar-refractivity contribution in [1.29, 1.82) is 0 Å². The smallest absolute Gasteiger partial charge is 0.332 e. The first kappa shape index (κ1) is 25.8. The summed E-state index contributed by atoms with van der Waals surface area (Å²) in [4.78, 5) is 42.3. The standard InChI is InChI=1S/C26H27F2N5O4/c1-3-30-24(35)18-6-4-17(5-7-18)14-33-21-13-20(23(29)31-37-16(2)34)9-8-19(21)12-22(33)25(36)32-11-10-26(27,28)15-32/h4-9,12-13H,3,10-11,14-15H2,1-2H3,(H2,29,31)(H,30,35). The number of fused-ring (bicyclic) bond motifs is 1. The Morgan fingerprint density at radius 3 is 2.43 bits per heavy atom. The van der Waals surface area contributed by atoms with Crippen LogP contribution < -0.4 is 11.1 Å². The highest BCUT2D eigenvalue weighted by molar-refractivity contribution is 6.03. The quantitative estimate of drug-likeness (QED) is 0.219. The van der Waals surface area contributed by atoms with Crippen molar-refractivity contribution in [2.24, 2.45) is 10.9 Å². The van der Waals surface area contributed by atoms with E-state index in [0.717, 1.165) is 10.5 Å². The minimum atomic E-state index is -2.92. The summed E-state index contributed by atoms with van der Waals surface area (Å²) in [7, 11) is 0.